The lowest BCUT2D eigenvalue weighted by Crippen LogP contribution is -2.42. The van der Waals surface area contributed by atoms with Crippen molar-refractivity contribution in [2.45, 2.75) is 31.6 Å². The molecule has 0 unspecified atom stereocenters. The molecule has 0 radical (unpaired) electrons. The number of furan rings is 1. The molecule has 0 aliphatic heterocycles. The van der Waals surface area contributed by atoms with Crippen molar-refractivity contribution in [3.63, 3.8) is 0 Å². The highest BCUT2D eigenvalue weighted by Gasteiger charge is 2.41. The molecule has 1 fully saturated rings. The molecule has 2 aromatic rings. The lowest BCUT2D eigenvalue weighted by molar-refractivity contribution is 0.245. The number of aromatic nitrogens is 2. The molecule has 1 aliphatic rings. The topological polar surface area (TPSA) is 67.8 Å². The van der Waals surface area contributed by atoms with Crippen LogP contribution in [0.2, 0.25) is 0 Å². The average molecular weight is 205 g/mol. The standard InChI is InChI=1S/C11H15N3O/c1-7-5-8-9(15-7)10(14-13-8)11(6-12)3-2-4-11/h5H,2-4,6,12H2,1H3,(H,13,14). The largest absolute Gasteiger partial charge is 0.458 e. The van der Waals surface area contributed by atoms with Crippen LogP contribution in [0.4, 0.5) is 0 Å². The van der Waals surface area contributed by atoms with Crippen molar-refractivity contribution < 1.29 is 4.42 Å². The molecule has 4 nitrogen and oxygen atoms in total. The summed E-state index contributed by atoms with van der Waals surface area (Å²) in [6, 6.07) is 1.96. The number of nitrogens with zero attached hydrogens (tertiary/aromatic N) is 1. The molecular formula is C11H15N3O. The zero-order valence-electron chi connectivity index (χ0n) is 8.84. The summed E-state index contributed by atoms with van der Waals surface area (Å²) in [5, 5.41) is 7.35. The van der Waals surface area contributed by atoms with Crippen LogP contribution in [-0.2, 0) is 5.41 Å². The van der Waals surface area contributed by atoms with Gasteiger partial charge in [-0.3, -0.25) is 5.10 Å². The van der Waals surface area contributed by atoms with Crippen molar-refractivity contribution in [2.75, 3.05) is 6.54 Å². The smallest absolute Gasteiger partial charge is 0.175 e. The molecule has 4 heteroatoms. The molecule has 80 valence electrons. The average Bonchev–Trinajstić information content (AvgIpc) is 2.65. The maximum absolute atomic E-state index is 5.87. The summed E-state index contributed by atoms with van der Waals surface area (Å²) >= 11 is 0. The third kappa shape index (κ3) is 1.08. The van der Waals surface area contributed by atoms with Crippen molar-refractivity contribution in [3.05, 3.63) is 17.5 Å². The fraction of sp³-hybridized carbons (Fsp3) is 0.545. The second-order valence-electron chi connectivity index (χ2n) is 4.51. The third-order valence-electron chi connectivity index (χ3n) is 3.58. The van der Waals surface area contributed by atoms with Gasteiger partial charge in [-0.25, -0.2) is 0 Å². The molecule has 2 heterocycles. The van der Waals surface area contributed by atoms with Crippen molar-refractivity contribution >= 4 is 11.1 Å². The lowest BCUT2D eigenvalue weighted by atomic mass is 9.66. The zero-order chi connectivity index (χ0) is 10.5. The molecule has 0 amide bonds. The second kappa shape index (κ2) is 2.85. The van der Waals surface area contributed by atoms with Gasteiger partial charge >= 0.3 is 0 Å². The first-order valence-corrected chi connectivity index (χ1v) is 5.40. The number of rotatable bonds is 2. The summed E-state index contributed by atoms with van der Waals surface area (Å²) in [6.45, 7) is 2.62. The van der Waals surface area contributed by atoms with Gasteiger partial charge in [-0.2, -0.15) is 5.10 Å². The molecule has 15 heavy (non-hydrogen) atoms. The number of nitrogens with two attached hydrogens (primary N) is 1. The molecule has 3 N–H and O–H groups in total. The molecule has 0 atom stereocenters. The van der Waals surface area contributed by atoms with Gasteiger partial charge in [-0.15, -0.1) is 0 Å². The van der Waals surface area contributed by atoms with Crippen LogP contribution in [-0.4, -0.2) is 16.7 Å². The van der Waals surface area contributed by atoms with E-state index in [1.165, 1.54) is 6.42 Å². The van der Waals surface area contributed by atoms with Gasteiger partial charge in [-0.1, -0.05) is 6.42 Å². The van der Waals surface area contributed by atoms with E-state index in [9.17, 15) is 0 Å². The quantitative estimate of drug-likeness (QED) is 0.786. The number of fused-ring (bicyclic) bond motifs is 1. The van der Waals surface area contributed by atoms with Crippen LogP contribution in [0.25, 0.3) is 11.1 Å². The normalized spacial score (nSPS) is 19.3. The van der Waals surface area contributed by atoms with Crippen LogP contribution in [0.1, 0.15) is 30.7 Å². The number of hydrogen-bond donors (Lipinski definition) is 2. The fourth-order valence-electron chi connectivity index (χ4n) is 2.45. The number of aryl methyl sites for hydroxylation is 1. The molecule has 1 saturated carbocycles. The van der Waals surface area contributed by atoms with Gasteiger partial charge in [0.05, 0.1) is 5.69 Å². The Morgan fingerprint density at radius 1 is 1.60 bits per heavy atom. The molecule has 0 bridgehead atoms. The fourth-order valence-corrected chi connectivity index (χ4v) is 2.45. The van der Waals surface area contributed by atoms with Gasteiger partial charge < -0.3 is 10.2 Å². The third-order valence-corrected chi connectivity index (χ3v) is 3.58. The van der Waals surface area contributed by atoms with E-state index in [4.69, 9.17) is 10.2 Å². The summed E-state index contributed by atoms with van der Waals surface area (Å²) in [5.41, 5.74) is 8.88. The lowest BCUT2D eigenvalue weighted by Gasteiger charge is -2.39. The zero-order valence-corrected chi connectivity index (χ0v) is 8.84. The second-order valence-corrected chi connectivity index (χ2v) is 4.51. The van der Waals surface area contributed by atoms with E-state index in [-0.39, 0.29) is 5.41 Å². The van der Waals surface area contributed by atoms with Crippen LogP contribution in [0.15, 0.2) is 10.5 Å². The van der Waals surface area contributed by atoms with E-state index in [1.54, 1.807) is 0 Å². The summed E-state index contributed by atoms with van der Waals surface area (Å²) in [4.78, 5) is 0. The highest BCUT2D eigenvalue weighted by molar-refractivity contribution is 5.77. The van der Waals surface area contributed by atoms with Gasteiger partial charge in [0.15, 0.2) is 5.58 Å². The van der Waals surface area contributed by atoms with Crippen LogP contribution in [0, 0.1) is 6.92 Å². The highest BCUT2D eigenvalue weighted by atomic mass is 16.3. The Bertz CT molecular complexity index is 487. The van der Waals surface area contributed by atoms with E-state index in [0.29, 0.717) is 6.54 Å². The summed E-state index contributed by atoms with van der Waals surface area (Å²) in [7, 11) is 0. The van der Waals surface area contributed by atoms with E-state index >= 15 is 0 Å². The Hall–Kier alpha value is -1.29. The van der Waals surface area contributed by atoms with Crippen LogP contribution < -0.4 is 5.73 Å². The van der Waals surface area contributed by atoms with Gasteiger partial charge in [-0.05, 0) is 19.8 Å². The molecule has 0 saturated heterocycles. The molecule has 0 aromatic carbocycles. The van der Waals surface area contributed by atoms with E-state index in [1.807, 2.05) is 13.0 Å². The molecular weight excluding hydrogens is 190 g/mol. The number of aromatic amines is 1. The Morgan fingerprint density at radius 3 is 3.00 bits per heavy atom. The van der Waals surface area contributed by atoms with E-state index < -0.39 is 0 Å². The predicted molar refractivity (Wildman–Crippen MR) is 57.7 cm³/mol. The maximum Gasteiger partial charge on any atom is 0.175 e. The van der Waals surface area contributed by atoms with Crippen LogP contribution in [0.5, 0.6) is 0 Å². The van der Waals surface area contributed by atoms with Gasteiger partial charge in [0, 0.05) is 18.0 Å². The predicted octanol–water partition coefficient (Wildman–Crippen LogP) is 1.84. The highest BCUT2D eigenvalue weighted by Crippen LogP contribution is 2.44. The number of nitrogens with one attached hydrogen (secondary N) is 1. The first-order chi connectivity index (χ1) is 7.25. The van der Waals surface area contributed by atoms with Crippen molar-refractivity contribution in [3.8, 4) is 0 Å². The molecule has 1 aliphatic carbocycles. The van der Waals surface area contributed by atoms with Gasteiger partial charge in [0.2, 0.25) is 0 Å². The maximum atomic E-state index is 5.87. The van der Waals surface area contributed by atoms with Gasteiger partial charge in [0.25, 0.3) is 0 Å². The molecule has 3 rings (SSSR count). The summed E-state index contributed by atoms with van der Waals surface area (Å²) < 4.78 is 5.67. The monoisotopic (exact) mass is 205 g/mol. The number of H-pyrrole nitrogens is 1. The Balaban J connectivity index is 2.17. The molecule has 0 spiro atoms. The van der Waals surface area contributed by atoms with Crippen molar-refractivity contribution in [2.24, 2.45) is 5.73 Å². The number of hydrogen-bond acceptors (Lipinski definition) is 3. The first kappa shape index (κ1) is 8.97. The van der Waals surface area contributed by atoms with E-state index in [2.05, 4.69) is 10.2 Å². The first-order valence-electron chi connectivity index (χ1n) is 5.40. The van der Waals surface area contributed by atoms with Crippen LogP contribution >= 0.6 is 0 Å². The summed E-state index contributed by atoms with van der Waals surface area (Å²) in [6.07, 6.45) is 3.53. The van der Waals surface area contributed by atoms with E-state index in [0.717, 1.165) is 35.4 Å². The summed E-state index contributed by atoms with van der Waals surface area (Å²) in [5.74, 6) is 0.911. The minimum absolute atomic E-state index is 0.0963. The van der Waals surface area contributed by atoms with Crippen molar-refractivity contribution in [1.82, 2.24) is 10.2 Å². The van der Waals surface area contributed by atoms with Crippen molar-refractivity contribution in [1.29, 1.82) is 0 Å². The Morgan fingerprint density at radius 2 is 2.40 bits per heavy atom. The SMILES string of the molecule is Cc1cc2n[nH]c(C3(CN)CCC3)c2o1. The minimum Gasteiger partial charge on any atom is -0.458 e. The van der Waals surface area contributed by atoms with Crippen LogP contribution in [0.3, 0.4) is 0 Å². The molecule has 2 aromatic heterocycles. The minimum atomic E-state index is 0.0963. The Labute approximate surface area is 87.8 Å². The Kier molecular flexibility index (Phi) is 1.71. The van der Waals surface area contributed by atoms with Gasteiger partial charge in [0.1, 0.15) is 11.3 Å².